The second-order valence-corrected chi connectivity index (χ2v) is 5.57. The molecule has 0 radical (unpaired) electrons. The summed E-state index contributed by atoms with van der Waals surface area (Å²) in [6.45, 7) is 5.25. The zero-order valence-electron chi connectivity index (χ0n) is 12.6. The molecule has 0 saturated carbocycles. The highest BCUT2D eigenvalue weighted by molar-refractivity contribution is 5.80. The van der Waals surface area contributed by atoms with Gasteiger partial charge in [0.15, 0.2) is 5.96 Å². The molecule has 1 unspecified atom stereocenters. The molecule has 2 aliphatic heterocycles. The average molecular weight is 288 g/mol. The van der Waals surface area contributed by atoms with Gasteiger partial charge in [-0.3, -0.25) is 4.99 Å². The van der Waals surface area contributed by atoms with Crippen LogP contribution in [-0.4, -0.2) is 50.7 Å². The molecule has 0 bridgehead atoms. The summed E-state index contributed by atoms with van der Waals surface area (Å²) in [4.78, 5) is 6.78. The van der Waals surface area contributed by atoms with Gasteiger partial charge in [0.2, 0.25) is 0 Å². The number of para-hydroxylation sites is 1. The van der Waals surface area contributed by atoms with Gasteiger partial charge < -0.3 is 20.3 Å². The van der Waals surface area contributed by atoms with E-state index in [0.29, 0.717) is 0 Å². The zero-order chi connectivity index (χ0) is 14.5. The van der Waals surface area contributed by atoms with Crippen LogP contribution in [0.25, 0.3) is 0 Å². The molecule has 1 atom stereocenters. The summed E-state index contributed by atoms with van der Waals surface area (Å²) in [6.07, 6.45) is 2.30. The number of hydrogen-bond donors (Lipinski definition) is 2. The van der Waals surface area contributed by atoms with Crippen LogP contribution >= 0.6 is 0 Å². The van der Waals surface area contributed by atoms with Gasteiger partial charge in [-0.05, 0) is 25.6 Å². The Morgan fingerprint density at radius 3 is 3.00 bits per heavy atom. The number of benzene rings is 1. The Morgan fingerprint density at radius 2 is 2.24 bits per heavy atom. The maximum absolute atomic E-state index is 5.70. The smallest absolute Gasteiger partial charge is 0.191 e. The molecule has 0 amide bonds. The van der Waals surface area contributed by atoms with E-state index in [1.54, 1.807) is 0 Å². The molecule has 2 N–H and O–H groups in total. The molecule has 2 heterocycles. The van der Waals surface area contributed by atoms with E-state index in [1.165, 1.54) is 25.1 Å². The number of nitrogens with one attached hydrogen (secondary N) is 2. The van der Waals surface area contributed by atoms with Gasteiger partial charge >= 0.3 is 0 Å². The van der Waals surface area contributed by atoms with Crippen LogP contribution in [0.15, 0.2) is 29.3 Å². The Balaban J connectivity index is 1.54. The number of fused-ring (bicyclic) bond motifs is 1. The highest BCUT2D eigenvalue weighted by Gasteiger charge is 2.21. The number of guanidine groups is 1. The third-order valence-electron chi connectivity index (χ3n) is 4.16. The summed E-state index contributed by atoms with van der Waals surface area (Å²) in [5.74, 6) is 1.86. The molecule has 5 nitrogen and oxygen atoms in total. The molecule has 0 spiro atoms. The largest absolute Gasteiger partial charge is 0.493 e. The lowest BCUT2D eigenvalue weighted by molar-refractivity contribution is 0.185. The van der Waals surface area contributed by atoms with Gasteiger partial charge in [-0.1, -0.05) is 18.2 Å². The van der Waals surface area contributed by atoms with Crippen molar-refractivity contribution in [2.45, 2.75) is 18.9 Å². The molecule has 3 rings (SSSR count). The van der Waals surface area contributed by atoms with Gasteiger partial charge in [-0.15, -0.1) is 0 Å². The van der Waals surface area contributed by atoms with Gasteiger partial charge in [-0.25, -0.2) is 0 Å². The van der Waals surface area contributed by atoms with Crippen LogP contribution in [0.4, 0.5) is 0 Å². The van der Waals surface area contributed by atoms with Crippen LogP contribution in [0.1, 0.15) is 24.4 Å². The number of hydrogen-bond acceptors (Lipinski definition) is 3. The van der Waals surface area contributed by atoms with Crippen LogP contribution in [0.3, 0.4) is 0 Å². The minimum atomic E-state index is 0.269. The van der Waals surface area contributed by atoms with Crippen molar-refractivity contribution in [3.8, 4) is 5.75 Å². The molecule has 1 aromatic rings. The Labute approximate surface area is 126 Å². The predicted octanol–water partition coefficient (Wildman–Crippen LogP) is 1.38. The summed E-state index contributed by atoms with van der Waals surface area (Å²) in [7, 11) is 1.82. The minimum absolute atomic E-state index is 0.269. The Kier molecular flexibility index (Phi) is 4.60. The Bertz CT molecular complexity index is 499. The molecule has 114 valence electrons. The van der Waals surface area contributed by atoms with Crippen molar-refractivity contribution in [1.29, 1.82) is 0 Å². The Morgan fingerprint density at radius 1 is 1.38 bits per heavy atom. The van der Waals surface area contributed by atoms with Gasteiger partial charge in [0.1, 0.15) is 5.75 Å². The van der Waals surface area contributed by atoms with E-state index in [2.05, 4.69) is 32.7 Å². The second kappa shape index (κ2) is 6.80. The summed E-state index contributed by atoms with van der Waals surface area (Å²) >= 11 is 0. The Hall–Kier alpha value is -1.75. The maximum atomic E-state index is 5.70. The topological polar surface area (TPSA) is 48.9 Å². The SMILES string of the molecule is CN=C(NCCN1CCC1)NC1CCOc2ccccc21. The van der Waals surface area contributed by atoms with Crippen molar-refractivity contribution in [2.75, 3.05) is 39.8 Å². The van der Waals surface area contributed by atoms with E-state index < -0.39 is 0 Å². The predicted molar refractivity (Wildman–Crippen MR) is 84.8 cm³/mol. The van der Waals surface area contributed by atoms with E-state index in [1.807, 2.05) is 19.2 Å². The highest BCUT2D eigenvalue weighted by atomic mass is 16.5. The van der Waals surface area contributed by atoms with E-state index in [9.17, 15) is 0 Å². The summed E-state index contributed by atoms with van der Waals surface area (Å²) in [5, 5.41) is 6.91. The monoisotopic (exact) mass is 288 g/mol. The maximum Gasteiger partial charge on any atom is 0.191 e. The lowest BCUT2D eigenvalue weighted by Crippen LogP contribution is -2.46. The first kappa shape index (κ1) is 14.2. The van der Waals surface area contributed by atoms with Gasteiger partial charge in [0.05, 0.1) is 12.6 Å². The van der Waals surface area contributed by atoms with Crippen LogP contribution in [0.5, 0.6) is 5.75 Å². The van der Waals surface area contributed by atoms with Crippen molar-refractivity contribution in [1.82, 2.24) is 15.5 Å². The van der Waals surface area contributed by atoms with Crippen molar-refractivity contribution < 1.29 is 4.74 Å². The lowest BCUT2D eigenvalue weighted by Gasteiger charge is -2.31. The number of aliphatic imine (C=N–C) groups is 1. The molecule has 5 heteroatoms. The first-order valence-corrected chi connectivity index (χ1v) is 7.78. The van der Waals surface area contributed by atoms with Crippen molar-refractivity contribution in [3.05, 3.63) is 29.8 Å². The van der Waals surface area contributed by atoms with Crippen molar-refractivity contribution in [2.24, 2.45) is 4.99 Å². The fourth-order valence-corrected chi connectivity index (χ4v) is 2.79. The van der Waals surface area contributed by atoms with E-state index in [0.717, 1.165) is 37.8 Å². The third-order valence-corrected chi connectivity index (χ3v) is 4.16. The summed E-state index contributed by atoms with van der Waals surface area (Å²) in [5.41, 5.74) is 1.22. The van der Waals surface area contributed by atoms with Crippen molar-refractivity contribution in [3.63, 3.8) is 0 Å². The van der Waals surface area contributed by atoms with Crippen LogP contribution in [0, 0.1) is 0 Å². The molecular formula is C16H24N4O. The fraction of sp³-hybridized carbons (Fsp3) is 0.562. The van der Waals surface area contributed by atoms with Gasteiger partial charge in [0.25, 0.3) is 0 Å². The number of rotatable bonds is 4. The van der Waals surface area contributed by atoms with Crippen LogP contribution in [0.2, 0.25) is 0 Å². The lowest BCUT2D eigenvalue weighted by atomic mass is 10.0. The summed E-state index contributed by atoms with van der Waals surface area (Å²) in [6, 6.07) is 8.50. The third kappa shape index (κ3) is 3.47. The first-order valence-electron chi connectivity index (χ1n) is 7.78. The molecule has 1 saturated heterocycles. The molecule has 1 fully saturated rings. The molecule has 2 aliphatic rings. The second-order valence-electron chi connectivity index (χ2n) is 5.57. The highest BCUT2D eigenvalue weighted by Crippen LogP contribution is 2.31. The summed E-state index contributed by atoms with van der Waals surface area (Å²) < 4.78 is 5.70. The molecule has 1 aromatic carbocycles. The molecule has 0 aromatic heterocycles. The van der Waals surface area contributed by atoms with E-state index in [-0.39, 0.29) is 6.04 Å². The zero-order valence-corrected chi connectivity index (χ0v) is 12.6. The van der Waals surface area contributed by atoms with Gasteiger partial charge in [0, 0.05) is 32.1 Å². The normalized spacial score (nSPS) is 22.0. The van der Waals surface area contributed by atoms with E-state index >= 15 is 0 Å². The standard InChI is InChI=1S/C16H24N4O/c1-17-16(18-8-11-20-9-4-10-20)19-14-7-12-21-15-6-3-2-5-13(14)15/h2-3,5-6,14H,4,7-12H2,1H3,(H2,17,18,19). The molecule has 21 heavy (non-hydrogen) atoms. The first-order chi connectivity index (χ1) is 10.4. The van der Waals surface area contributed by atoms with Crippen LogP contribution < -0.4 is 15.4 Å². The van der Waals surface area contributed by atoms with E-state index in [4.69, 9.17) is 4.74 Å². The number of ether oxygens (including phenoxy) is 1. The minimum Gasteiger partial charge on any atom is -0.493 e. The quantitative estimate of drug-likeness (QED) is 0.649. The average Bonchev–Trinajstić information content (AvgIpc) is 2.48. The van der Waals surface area contributed by atoms with Crippen molar-refractivity contribution >= 4 is 5.96 Å². The number of nitrogens with zero attached hydrogens (tertiary/aromatic N) is 2. The number of likely N-dealkylation sites (tertiary alicyclic amines) is 1. The molecular weight excluding hydrogens is 264 g/mol. The van der Waals surface area contributed by atoms with Crippen LogP contribution in [-0.2, 0) is 0 Å². The van der Waals surface area contributed by atoms with Gasteiger partial charge in [-0.2, -0.15) is 0 Å². The fourth-order valence-electron chi connectivity index (χ4n) is 2.79. The molecule has 0 aliphatic carbocycles.